The van der Waals surface area contributed by atoms with Gasteiger partial charge >= 0.3 is 0 Å². The maximum Gasteiger partial charge on any atom is 0.222 e. The van der Waals surface area contributed by atoms with E-state index in [0.717, 1.165) is 11.3 Å². The van der Waals surface area contributed by atoms with Crippen LogP contribution in [0.25, 0.3) is 6.08 Å². The highest BCUT2D eigenvalue weighted by Crippen LogP contribution is 2.10. The van der Waals surface area contributed by atoms with E-state index in [1.54, 1.807) is 6.08 Å². The molecule has 1 heterocycles. The maximum atomic E-state index is 12.8. The van der Waals surface area contributed by atoms with Crippen LogP contribution in [0.15, 0.2) is 59.7 Å². The molecule has 0 spiro atoms. The van der Waals surface area contributed by atoms with Crippen molar-refractivity contribution in [2.75, 3.05) is 31.7 Å². The summed E-state index contributed by atoms with van der Waals surface area (Å²) in [6, 6.07) is 16.0. The Morgan fingerprint density at radius 2 is 1.59 bits per heavy atom. The zero-order valence-electron chi connectivity index (χ0n) is 15.8. The van der Waals surface area contributed by atoms with Gasteiger partial charge in [-0.05, 0) is 37.6 Å². The molecule has 1 aliphatic heterocycles. The molecular weight excluding hydrogens is 338 g/mol. The Hall–Kier alpha value is -2.92. The van der Waals surface area contributed by atoms with Crippen molar-refractivity contribution in [1.29, 1.82) is 0 Å². The molecule has 0 atom stereocenters. The smallest absolute Gasteiger partial charge is 0.222 e. The van der Waals surface area contributed by atoms with Crippen LogP contribution in [0.4, 0.5) is 5.69 Å². The molecule has 27 heavy (non-hydrogen) atoms. The van der Waals surface area contributed by atoms with Crippen LogP contribution in [0.2, 0.25) is 0 Å². The number of benzene rings is 2. The Bertz CT molecular complexity index is 818. The summed E-state index contributed by atoms with van der Waals surface area (Å²) in [6.07, 6.45) is 3.40. The molecule has 5 heteroatoms. The molecule has 1 saturated heterocycles. The standard InChI is InChI=1S/C22H25N3O2/c1-17-3-7-19(8-4-17)9-12-21(26)22(25-13-15-27-16-14-25)24-23-20-10-5-18(2)6-11-20/h3-12,23H,13-16H2,1-2H3/b12-9+,24-22-. The monoisotopic (exact) mass is 363 g/mol. The van der Waals surface area contributed by atoms with Gasteiger partial charge < -0.3 is 9.64 Å². The average molecular weight is 363 g/mol. The van der Waals surface area contributed by atoms with Gasteiger partial charge in [0.25, 0.3) is 0 Å². The van der Waals surface area contributed by atoms with Gasteiger partial charge in [-0.15, -0.1) is 0 Å². The van der Waals surface area contributed by atoms with E-state index in [4.69, 9.17) is 4.74 Å². The SMILES string of the molecule is Cc1ccc(/C=C/C(=O)/C(=N/Nc2ccc(C)cc2)N2CCOCC2)cc1. The third-order valence-electron chi connectivity index (χ3n) is 4.38. The Kier molecular flexibility index (Phi) is 6.39. The van der Waals surface area contributed by atoms with E-state index >= 15 is 0 Å². The molecule has 2 aromatic rings. The molecule has 0 radical (unpaired) electrons. The second kappa shape index (κ2) is 9.14. The van der Waals surface area contributed by atoms with Gasteiger partial charge in [-0.3, -0.25) is 10.2 Å². The predicted molar refractivity (Wildman–Crippen MR) is 110 cm³/mol. The number of rotatable bonds is 5. The van der Waals surface area contributed by atoms with Crippen molar-refractivity contribution in [3.63, 3.8) is 0 Å². The highest BCUT2D eigenvalue weighted by molar-refractivity contribution is 6.43. The molecule has 140 valence electrons. The topological polar surface area (TPSA) is 53.9 Å². The van der Waals surface area contributed by atoms with Crippen molar-refractivity contribution in [1.82, 2.24) is 4.90 Å². The average Bonchev–Trinajstić information content (AvgIpc) is 2.70. The molecule has 0 aromatic heterocycles. The summed E-state index contributed by atoms with van der Waals surface area (Å²) < 4.78 is 5.40. The van der Waals surface area contributed by atoms with Gasteiger partial charge in [0.15, 0.2) is 5.84 Å². The fraction of sp³-hybridized carbons (Fsp3) is 0.273. The van der Waals surface area contributed by atoms with E-state index in [-0.39, 0.29) is 5.78 Å². The Labute approximate surface area is 160 Å². The predicted octanol–water partition coefficient (Wildman–Crippen LogP) is 3.64. The fourth-order valence-electron chi connectivity index (χ4n) is 2.73. The number of anilines is 1. The van der Waals surface area contributed by atoms with E-state index in [2.05, 4.69) is 10.5 Å². The molecular formula is C22H25N3O2. The number of hydrogen-bond donors (Lipinski definition) is 1. The summed E-state index contributed by atoms with van der Waals surface area (Å²) in [5.74, 6) is 0.277. The van der Waals surface area contributed by atoms with E-state index in [9.17, 15) is 4.79 Å². The first-order chi connectivity index (χ1) is 13.1. The third-order valence-corrected chi connectivity index (χ3v) is 4.38. The lowest BCUT2D eigenvalue weighted by Gasteiger charge is -2.28. The van der Waals surface area contributed by atoms with Gasteiger partial charge in [-0.2, -0.15) is 5.10 Å². The highest BCUT2D eigenvalue weighted by atomic mass is 16.5. The van der Waals surface area contributed by atoms with Crippen LogP contribution in [0.3, 0.4) is 0 Å². The number of nitrogens with zero attached hydrogens (tertiary/aromatic N) is 2. The van der Waals surface area contributed by atoms with Crippen molar-refractivity contribution in [3.8, 4) is 0 Å². The van der Waals surface area contributed by atoms with Crippen LogP contribution in [-0.4, -0.2) is 42.8 Å². The molecule has 1 aliphatic rings. The molecule has 5 nitrogen and oxygen atoms in total. The minimum atomic E-state index is -0.128. The summed E-state index contributed by atoms with van der Waals surface area (Å²) in [4.78, 5) is 14.8. The highest BCUT2D eigenvalue weighted by Gasteiger charge is 2.20. The first kappa shape index (κ1) is 18.9. The number of nitrogens with one attached hydrogen (secondary N) is 1. The van der Waals surface area contributed by atoms with Crippen LogP contribution < -0.4 is 5.43 Å². The van der Waals surface area contributed by atoms with E-state index in [1.807, 2.05) is 73.4 Å². The van der Waals surface area contributed by atoms with Crippen molar-refractivity contribution in [3.05, 3.63) is 71.3 Å². The summed E-state index contributed by atoms with van der Waals surface area (Å²) in [5, 5.41) is 4.41. The van der Waals surface area contributed by atoms with Crippen LogP contribution in [0, 0.1) is 13.8 Å². The van der Waals surface area contributed by atoms with Crippen LogP contribution >= 0.6 is 0 Å². The van der Waals surface area contributed by atoms with Crippen LogP contribution in [-0.2, 0) is 9.53 Å². The summed E-state index contributed by atoms with van der Waals surface area (Å²) >= 11 is 0. The van der Waals surface area contributed by atoms with E-state index in [1.165, 1.54) is 11.1 Å². The molecule has 1 fully saturated rings. The lowest BCUT2D eigenvalue weighted by molar-refractivity contribution is -0.109. The number of morpholine rings is 1. The number of carbonyl (C=O) groups excluding carboxylic acids is 1. The third kappa shape index (κ3) is 5.53. The number of aryl methyl sites for hydroxylation is 2. The molecule has 0 saturated carbocycles. The maximum absolute atomic E-state index is 12.8. The Morgan fingerprint density at radius 3 is 2.22 bits per heavy atom. The molecule has 0 amide bonds. The minimum Gasteiger partial charge on any atom is -0.378 e. The number of amidine groups is 1. The number of hydrogen-bond acceptors (Lipinski definition) is 4. The Morgan fingerprint density at radius 1 is 1.00 bits per heavy atom. The van der Waals surface area contributed by atoms with Crippen LogP contribution in [0.1, 0.15) is 16.7 Å². The second-order valence-corrected chi connectivity index (χ2v) is 6.62. The zero-order valence-corrected chi connectivity index (χ0v) is 15.8. The number of ether oxygens (including phenoxy) is 1. The van der Waals surface area contributed by atoms with E-state index in [0.29, 0.717) is 32.1 Å². The first-order valence-corrected chi connectivity index (χ1v) is 9.14. The first-order valence-electron chi connectivity index (χ1n) is 9.14. The normalized spacial score (nSPS) is 15.2. The number of hydrazone groups is 1. The minimum absolute atomic E-state index is 0.128. The summed E-state index contributed by atoms with van der Waals surface area (Å²) in [7, 11) is 0. The molecule has 2 aromatic carbocycles. The molecule has 0 unspecified atom stereocenters. The number of carbonyl (C=O) groups is 1. The molecule has 3 rings (SSSR count). The van der Waals surface area contributed by atoms with Gasteiger partial charge in [0.2, 0.25) is 5.78 Å². The largest absolute Gasteiger partial charge is 0.378 e. The summed E-state index contributed by atoms with van der Waals surface area (Å²) in [6.45, 7) is 6.57. The Balaban J connectivity index is 1.77. The van der Waals surface area contributed by atoms with Crippen molar-refractivity contribution in [2.24, 2.45) is 5.10 Å². The van der Waals surface area contributed by atoms with Crippen LogP contribution in [0.5, 0.6) is 0 Å². The van der Waals surface area contributed by atoms with Gasteiger partial charge in [0, 0.05) is 13.1 Å². The van der Waals surface area contributed by atoms with Crippen molar-refractivity contribution < 1.29 is 9.53 Å². The quantitative estimate of drug-likeness (QED) is 0.381. The van der Waals surface area contributed by atoms with Gasteiger partial charge in [-0.1, -0.05) is 53.6 Å². The second-order valence-electron chi connectivity index (χ2n) is 6.62. The lowest BCUT2D eigenvalue weighted by atomic mass is 10.1. The molecule has 1 N–H and O–H groups in total. The fourth-order valence-corrected chi connectivity index (χ4v) is 2.73. The summed E-state index contributed by atoms with van der Waals surface area (Å²) in [5.41, 5.74) is 7.21. The van der Waals surface area contributed by atoms with Gasteiger partial charge in [0.05, 0.1) is 18.9 Å². The molecule has 0 bridgehead atoms. The molecule has 0 aliphatic carbocycles. The number of ketones is 1. The van der Waals surface area contributed by atoms with Gasteiger partial charge in [0.1, 0.15) is 0 Å². The van der Waals surface area contributed by atoms with Gasteiger partial charge in [-0.25, -0.2) is 0 Å². The van der Waals surface area contributed by atoms with Crippen molar-refractivity contribution in [2.45, 2.75) is 13.8 Å². The zero-order chi connectivity index (χ0) is 19.1. The van der Waals surface area contributed by atoms with Crippen molar-refractivity contribution >= 4 is 23.4 Å². The lowest BCUT2D eigenvalue weighted by Crippen LogP contribution is -2.44. The van der Waals surface area contributed by atoms with E-state index < -0.39 is 0 Å².